The summed E-state index contributed by atoms with van der Waals surface area (Å²) in [6, 6.07) is 21.0. The maximum Gasteiger partial charge on any atom is 0.310 e. The Bertz CT molecular complexity index is 886. The van der Waals surface area contributed by atoms with E-state index < -0.39 is 17.9 Å². The van der Waals surface area contributed by atoms with Crippen LogP contribution < -0.4 is 0 Å². The molecule has 0 radical (unpaired) electrons. The van der Waals surface area contributed by atoms with E-state index in [0.29, 0.717) is 5.76 Å². The highest BCUT2D eigenvalue weighted by atomic mass is 16.5. The summed E-state index contributed by atoms with van der Waals surface area (Å²) in [7, 11) is 1.39. The summed E-state index contributed by atoms with van der Waals surface area (Å²) in [6.45, 7) is 0. The molecule has 0 spiro atoms. The van der Waals surface area contributed by atoms with E-state index in [1.165, 1.54) is 7.11 Å². The predicted molar refractivity (Wildman–Crippen MR) is 96.6 cm³/mol. The Kier molecular flexibility index (Phi) is 4.35. The smallest absolute Gasteiger partial charge is 0.310 e. The van der Waals surface area contributed by atoms with Gasteiger partial charge in [0.25, 0.3) is 0 Å². The van der Waals surface area contributed by atoms with Gasteiger partial charge >= 0.3 is 5.97 Å². The molecule has 0 saturated carbocycles. The van der Waals surface area contributed by atoms with Crippen molar-refractivity contribution in [2.45, 2.75) is 17.9 Å². The van der Waals surface area contributed by atoms with E-state index in [1.807, 2.05) is 66.7 Å². The summed E-state index contributed by atoms with van der Waals surface area (Å²) in [5, 5.41) is 11.2. The van der Waals surface area contributed by atoms with Crippen LogP contribution in [0.2, 0.25) is 0 Å². The Labute approximate surface area is 152 Å². The number of furan rings is 1. The zero-order valence-electron chi connectivity index (χ0n) is 14.4. The highest BCUT2D eigenvalue weighted by Gasteiger charge is 2.48. The molecule has 0 saturated heterocycles. The molecule has 3 aromatic rings. The number of benzene rings is 2. The van der Waals surface area contributed by atoms with E-state index in [0.717, 1.165) is 16.7 Å². The Hall–Kier alpha value is -2.85. The molecule has 0 fully saturated rings. The van der Waals surface area contributed by atoms with Crippen molar-refractivity contribution in [3.05, 3.63) is 95.4 Å². The number of ether oxygens (including phenoxy) is 1. The van der Waals surface area contributed by atoms with Crippen molar-refractivity contribution in [1.82, 2.24) is 0 Å². The SMILES string of the molecule is COC(=O)[C@@H]1[C@@H](c2ccco2)c2ccccc2[C@@H](O)[C@@H]1c1ccccc1. The minimum atomic E-state index is -0.802. The van der Waals surface area contributed by atoms with E-state index in [1.54, 1.807) is 6.26 Å². The Balaban J connectivity index is 1.96. The Morgan fingerprint density at radius 3 is 2.31 bits per heavy atom. The number of aliphatic hydroxyl groups is 1. The number of methoxy groups -OCH3 is 1. The van der Waals surface area contributed by atoms with Gasteiger partial charge in [0.05, 0.1) is 31.3 Å². The van der Waals surface area contributed by atoms with E-state index in [2.05, 4.69) is 0 Å². The molecule has 4 atom stereocenters. The number of carbonyl (C=O) groups excluding carboxylic acids is 1. The average Bonchev–Trinajstić information content (AvgIpc) is 3.22. The number of aliphatic hydroxyl groups excluding tert-OH is 1. The van der Waals surface area contributed by atoms with Crippen molar-refractivity contribution in [1.29, 1.82) is 0 Å². The molecular formula is C22H20O4. The molecule has 1 aliphatic carbocycles. The van der Waals surface area contributed by atoms with Gasteiger partial charge in [0.2, 0.25) is 0 Å². The zero-order chi connectivity index (χ0) is 18.1. The molecule has 2 aromatic carbocycles. The lowest BCUT2D eigenvalue weighted by atomic mass is 9.64. The van der Waals surface area contributed by atoms with Crippen LogP contribution in [0.5, 0.6) is 0 Å². The normalized spacial score (nSPS) is 24.7. The topological polar surface area (TPSA) is 59.7 Å². The second kappa shape index (κ2) is 6.81. The molecule has 132 valence electrons. The molecule has 0 amide bonds. The van der Waals surface area contributed by atoms with Crippen molar-refractivity contribution < 1.29 is 19.1 Å². The van der Waals surface area contributed by atoms with Crippen molar-refractivity contribution in [3.8, 4) is 0 Å². The number of esters is 1. The van der Waals surface area contributed by atoms with Crippen LogP contribution in [0.25, 0.3) is 0 Å². The molecule has 0 unspecified atom stereocenters. The summed E-state index contributed by atoms with van der Waals surface area (Å²) in [5.74, 6) is -0.983. The minimum Gasteiger partial charge on any atom is -0.469 e. The van der Waals surface area contributed by atoms with Gasteiger partial charge in [-0.1, -0.05) is 54.6 Å². The molecule has 0 aliphatic heterocycles. The fourth-order valence-electron chi connectivity index (χ4n) is 4.14. The molecule has 1 N–H and O–H groups in total. The number of hydrogen-bond acceptors (Lipinski definition) is 4. The highest BCUT2D eigenvalue weighted by Crippen LogP contribution is 2.52. The van der Waals surface area contributed by atoms with Crippen LogP contribution in [-0.4, -0.2) is 18.2 Å². The number of hydrogen-bond donors (Lipinski definition) is 1. The lowest BCUT2D eigenvalue weighted by molar-refractivity contribution is -0.149. The summed E-state index contributed by atoms with van der Waals surface area (Å²) in [4.78, 5) is 12.8. The van der Waals surface area contributed by atoms with Gasteiger partial charge in [-0.05, 0) is 28.8 Å². The largest absolute Gasteiger partial charge is 0.469 e. The van der Waals surface area contributed by atoms with Gasteiger partial charge in [-0.25, -0.2) is 0 Å². The third kappa shape index (κ3) is 2.63. The quantitative estimate of drug-likeness (QED) is 0.726. The standard InChI is InChI=1S/C22H20O4/c1-25-22(24)20-18(14-8-3-2-4-9-14)21(23)16-11-6-5-10-15(16)19(20)17-12-7-13-26-17/h2-13,18-21,23H,1H3/t18-,19-,20+,21-/m1/s1. The van der Waals surface area contributed by atoms with E-state index in [4.69, 9.17) is 9.15 Å². The second-order valence-corrected chi connectivity index (χ2v) is 6.55. The summed E-state index contributed by atoms with van der Waals surface area (Å²) in [6.07, 6.45) is 0.804. The first-order chi connectivity index (χ1) is 12.7. The third-order valence-corrected chi connectivity index (χ3v) is 5.24. The van der Waals surface area contributed by atoms with Gasteiger partial charge in [-0.15, -0.1) is 0 Å². The second-order valence-electron chi connectivity index (χ2n) is 6.55. The third-order valence-electron chi connectivity index (χ3n) is 5.24. The number of rotatable bonds is 3. The lowest BCUT2D eigenvalue weighted by Gasteiger charge is -2.40. The van der Waals surface area contributed by atoms with E-state index in [-0.39, 0.29) is 11.9 Å². The molecule has 4 heteroatoms. The van der Waals surface area contributed by atoms with Crippen molar-refractivity contribution in [3.63, 3.8) is 0 Å². The van der Waals surface area contributed by atoms with Gasteiger partial charge in [0.1, 0.15) is 5.76 Å². The van der Waals surface area contributed by atoms with Crippen LogP contribution >= 0.6 is 0 Å². The first-order valence-corrected chi connectivity index (χ1v) is 8.65. The van der Waals surface area contributed by atoms with Gasteiger partial charge in [0.15, 0.2) is 0 Å². The highest BCUT2D eigenvalue weighted by molar-refractivity contribution is 5.77. The molecule has 4 nitrogen and oxygen atoms in total. The van der Waals surface area contributed by atoms with Gasteiger partial charge in [-0.3, -0.25) is 4.79 Å². The maximum atomic E-state index is 12.8. The number of fused-ring (bicyclic) bond motifs is 1. The maximum absolute atomic E-state index is 12.8. The van der Waals surface area contributed by atoms with Crippen molar-refractivity contribution >= 4 is 5.97 Å². The molecule has 1 heterocycles. The van der Waals surface area contributed by atoms with Crippen LogP contribution in [-0.2, 0) is 9.53 Å². The summed E-state index contributed by atoms with van der Waals surface area (Å²) < 4.78 is 10.8. The van der Waals surface area contributed by atoms with Crippen LogP contribution in [0.1, 0.15) is 40.4 Å². The molecule has 1 aromatic heterocycles. The summed E-state index contributed by atoms with van der Waals surface area (Å²) >= 11 is 0. The monoisotopic (exact) mass is 348 g/mol. The van der Waals surface area contributed by atoms with Gasteiger partial charge < -0.3 is 14.3 Å². The molecule has 0 bridgehead atoms. The lowest BCUT2D eigenvalue weighted by Crippen LogP contribution is -2.37. The molecule has 1 aliphatic rings. The van der Waals surface area contributed by atoms with Crippen LogP contribution in [0.4, 0.5) is 0 Å². The van der Waals surface area contributed by atoms with Crippen molar-refractivity contribution in [2.24, 2.45) is 5.92 Å². The fourth-order valence-corrected chi connectivity index (χ4v) is 4.14. The number of carbonyl (C=O) groups is 1. The average molecular weight is 348 g/mol. The Morgan fingerprint density at radius 2 is 1.65 bits per heavy atom. The molecular weight excluding hydrogens is 328 g/mol. The minimum absolute atomic E-state index is 0.317. The van der Waals surface area contributed by atoms with E-state index in [9.17, 15) is 9.90 Å². The predicted octanol–water partition coefficient (Wildman–Crippen LogP) is 4.03. The first-order valence-electron chi connectivity index (χ1n) is 8.65. The van der Waals surface area contributed by atoms with Gasteiger partial charge in [0, 0.05) is 5.92 Å². The van der Waals surface area contributed by atoms with Crippen LogP contribution in [0.3, 0.4) is 0 Å². The van der Waals surface area contributed by atoms with Crippen LogP contribution in [0.15, 0.2) is 77.4 Å². The van der Waals surface area contributed by atoms with Crippen molar-refractivity contribution in [2.75, 3.05) is 7.11 Å². The first kappa shape index (κ1) is 16.6. The zero-order valence-corrected chi connectivity index (χ0v) is 14.4. The molecule has 4 rings (SSSR count). The fraction of sp³-hybridized carbons (Fsp3) is 0.227. The van der Waals surface area contributed by atoms with Crippen LogP contribution in [0, 0.1) is 5.92 Å². The van der Waals surface area contributed by atoms with E-state index >= 15 is 0 Å². The summed E-state index contributed by atoms with van der Waals surface area (Å²) in [5.41, 5.74) is 2.63. The van der Waals surface area contributed by atoms with Gasteiger partial charge in [-0.2, -0.15) is 0 Å². The molecule has 26 heavy (non-hydrogen) atoms. The Morgan fingerprint density at radius 1 is 0.962 bits per heavy atom.